The zero-order valence-corrected chi connectivity index (χ0v) is 10.2. The fourth-order valence-electron chi connectivity index (χ4n) is 1.64. The number of carbonyl (C=O) groups is 2. The van der Waals surface area contributed by atoms with Crippen LogP contribution in [0.1, 0.15) is 24.8 Å². The monoisotopic (exact) mass is 250 g/mol. The Morgan fingerprint density at radius 3 is 2.56 bits per heavy atom. The van der Waals surface area contributed by atoms with E-state index in [0.717, 1.165) is 0 Å². The number of ether oxygens (including phenoxy) is 1. The topological polar surface area (TPSA) is 43.4 Å². The first-order valence-corrected chi connectivity index (χ1v) is 5.65. The van der Waals surface area contributed by atoms with Crippen LogP contribution in [0.5, 0.6) is 0 Å². The van der Waals surface area contributed by atoms with Crippen molar-refractivity contribution in [2.45, 2.75) is 19.3 Å². The normalized spacial score (nSPS) is 11.7. The van der Waals surface area contributed by atoms with E-state index in [1.54, 1.807) is 6.92 Å². The summed E-state index contributed by atoms with van der Waals surface area (Å²) in [5.41, 5.74) is 0.872. The van der Waals surface area contributed by atoms with E-state index in [0.29, 0.717) is 11.8 Å². The minimum Gasteiger partial charge on any atom is -0.463 e. The number of aldehydes is 1. The molecule has 18 heavy (non-hydrogen) atoms. The smallest absolute Gasteiger partial charge is 0.334 e. The van der Waals surface area contributed by atoms with Gasteiger partial charge >= 0.3 is 5.97 Å². The standard InChI is InChI=1S/C14H15FO3/c1-3-18-14(17)10(2)13(8-9-16)11-4-6-12(15)7-5-11/h4-7,9,13H,2-3,8H2,1H3/t13-/m1/s1. The average Bonchev–Trinajstić information content (AvgIpc) is 2.37. The summed E-state index contributed by atoms with van der Waals surface area (Å²) >= 11 is 0. The Kier molecular flexibility index (Phi) is 5.24. The molecule has 4 heteroatoms. The molecule has 1 aromatic carbocycles. The van der Waals surface area contributed by atoms with Crippen molar-refractivity contribution in [1.82, 2.24) is 0 Å². The maximum absolute atomic E-state index is 12.8. The van der Waals surface area contributed by atoms with E-state index < -0.39 is 11.9 Å². The fraction of sp³-hybridized carbons (Fsp3) is 0.286. The Morgan fingerprint density at radius 2 is 2.06 bits per heavy atom. The first-order valence-electron chi connectivity index (χ1n) is 5.65. The molecule has 96 valence electrons. The van der Waals surface area contributed by atoms with E-state index in [1.165, 1.54) is 24.3 Å². The van der Waals surface area contributed by atoms with Gasteiger partial charge in [-0.2, -0.15) is 0 Å². The van der Waals surface area contributed by atoms with Crippen LogP contribution in [0.3, 0.4) is 0 Å². The highest BCUT2D eigenvalue weighted by molar-refractivity contribution is 5.90. The summed E-state index contributed by atoms with van der Waals surface area (Å²) in [7, 11) is 0. The molecule has 0 saturated carbocycles. The second-order valence-corrected chi connectivity index (χ2v) is 3.75. The number of hydrogen-bond donors (Lipinski definition) is 0. The molecule has 0 N–H and O–H groups in total. The molecule has 0 spiro atoms. The first kappa shape index (κ1) is 14.1. The maximum atomic E-state index is 12.8. The van der Waals surface area contributed by atoms with Crippen molar-refractivity contribution in [3.05, 3.63) is 47.8 Å². The van der Waals surface area contributed by atoms with Crippen LogP contribution in [-0.4, -0.2) is 18.9 Å². The van der Waals surface area contributed by atoms with E-state index in [-0.39, 0.29) is 24.4 Å². The van der Waals surface area contributed by atoms with E-state index in [2.05, 4.69) is 6.58 Å². The maximum Gasteiger partial charge on any atom is 0.334 e. The van der Waals surface area contributed by atoms with Crippen LogP contribution in [-0.2, 0) is 14.3 Å². The highest BCUT2D eigenvalue weighted by Gasteiger charge is 2.21. The van der Waals surface area contributed by atoms with Crippen LogP contribution in [0.2, 0.25) is 0 Å². The Labute approximate surface area is 105 Å². The molecule has 0 aliphatic carbocycles. The van der Waals surface area contributed by atoms with Gasteiger partial charge in [-0.15, -0.1) is 0 Å². The third kappa shape index (κ3) is 3.52. The molecule has 1 aromatic rings. The van der Waals surface area contributed by atoms with Gasteiger partial charge in [0.05, 0.1) is 6.61 Å². The van der Waals surface area contributed by atoms with Crippen LogP contribution in [0.15, 0.2) is 36.4 Å². The fourth-order valence-corrected chi connectivity index (χ4v) is 1.64. The van der Waals surface area contributed by atoms with Crippen LogP contribution in [0.25, 0.3) is 0 Å². The van der Waals surface area contributed by atoms with Crippen molar-refractivity contribution in [3.8, 4) is 0 Å². The highest BCUT2D eigenvalue weighted by Crippen LogP contribution is 2.27. The van der Waals surface area contributed by atoms with Crippen molar-refractivity contribution in [1.29, 1.82) is 0 Å². The van der Waals surface area contributed by atoms with Gasteiger partial charge in [-0.25, -0.2) is 9.18 Å². The minimum absolute atomic E-state index is 0.114. The summed E-state index contributed by atoms with van der Waals surface area (Å²) in [6.07, 6.45) is 0.821. The number of esters is 1. The highest BCUT2D eigenvalue weighted by atomic mass is 19.1. The van der Waals surface area contributed by atoms with Gasteiger partial charge in [0.25, 0.3) is 0 Å². The largest absolute Gasteiger partial charge is 0.463 e. The van der Waals surface area contributed by atoms with Gasteiger partial charge in [-0.1, -0.05) is 18.7 Å². The number of rotatable bonds is 6. The van der Waals surface area contributed by atoms with Gasteiger partial charge in [0.1, 0.15) is 12.1 Å². The van der Waals surface area contributed by atoms with Crippen molar-refractivity contribution < 1.29 is 18.7 Å². The molecule has 0 aliphatic rings. The van der Waals surface area contributed by atoms with Crippen molar-refractivity contribution in [2.24, 2.45) is 0 Å². The first-order chi connectivity index (χ1) is 8.60. The van der Waals surface area contributed by atoms with Gasteiger partial charge < -0.3 is 9.53 Å². The number of benzene rings is 1. The van der Waals surface area contributed by atoms with Crippen molar-refractivity contribution in [2.75, 3.05) is 6.61 Å². The molecule has 0 aromatic heterocycles. The summed E-state index contributed by atoms with van der Waals surface area (Å²) in [6, 6.07) is 5.64. The van der Waals surface area contributed by atoms with Gasteiger partial charge in [0.2, 0.25) is 0 Å². The van der Waals surface area contributed by atoms with Gasteiger partial charge in [0, 0.05) is 17.9 Å². The molecule has 0 radical (unpaired) electrons. The summed E-state index contributed by atoms with van der Waals surface area (Å²) in [4.78, 5) is 22.3. The van der Waals surface area contributed by atoms with Crippen LogP contribution >= 0.6 is 0 Å². The molecular weight excluding hydrogens is 235 g/mol. The van der Waals surface area contributed by atoms with E-state index >= 15 is 0 Å². The van der Waals surface area contributed by atoms with Crippen molar-refractivity contribution in [3.63, 3.8) is 0 Å². The van der Waals surface area contributed by atoms with Crippen molar-refractivity contribution >= 4 is 12.3 Å². The van der Waals surface area contributed by atoms with Crippen LogP contribution in [0.4, 0.5) is 4.39 Å². The lowest BCUT2D eigenvalue weighted by atomic mass is 9.89. The number of carbonyl (C=O) groups excluding carboxylic acids is 2. The summed E-state index contributed by atoms with van der Waals surface area (Å²) in [6.45, 7) is 5.60. The van der Waals surface area contributed by atoms with E-state index in [9.17, 15) is 14.0 Å². The van der Waals surface area contributed by atoms with Crippen LogP contribution < -0.4 is 0 Å². The Bertz CT molecular complexity index is 437. The zero-order valence-electron chi connectivity index (χ0n) is 10.2. The molecule has 1 atom stereocenters. The Morgan fingerprint density at radius 1 is 1.44 bits per heavy atom. The molecule has 0 heterocycles. The SMILES string of the molecule is C=C(C(=O)OCC)[C@@H](CC=O)c1ccc(F)cc1. The predicted octanol–water partition coefficient (Wildman–Crippen LogP) is 2.62. The van der Waals surface area contributed by atoms with Crippen LogP contribution in [0, 0.1) is 5.82 Å². The molecule has 1 rings (SSSR count). The molecule has 3 nitrogen and oxygen atoms in total. The minimum atomic E-state index is -0.534. The summed E-state index contributed by atoms with van der Waals surface area (Å²) in [5, 5.41) is 0. The van der Waals surface area contributed by atoms with Gasteiger partial charge in [0.15, 0.2) is 0 Å². The number of halogens is 1. The molecule has 0 fully saturated rings. The molecule has 0 saturated heterocycles. The molecule has 0 aliphatic heterocycles. The van der Waals surface area contributed by atoms with E-state index in [1.807, 2.05) is 0 Å². The van der Waals surface area contributed by atoms with Gasteiger partial charge in [-0.3, -0.25) is 0 Å². The van der Waals surface area contributed by atoms with Gasteiger partial charge in [-0.05, 0) is 24.6 Å². The lowest BCUT2D eigenvalue weighted by molar-refractivity contribution is -0.138. The Hall–Kier alpha value is -1.97. The molecular formula is C14H15FO3. The summed E-state index contributed by atoms with van der Waals surface area (Å²) in [5.74, 6) is -1.37. The third-order valence-corrected chi connectivity index (χ3v) is 2.56. The molecule has 0 bridgehead atoms. The second kappa shape index (κ2) is 6.69. The molecule has 0 unspecified atom stereocenters. The second-order valence-electron chi connectivity index (χ2n) is 3.75. The predicted molar refractivity (Wildman–Crippen MR) is 65.6 cm³/mol. The number of hydrogen-bond acceptors (Lipinski definition) is 3. The summed E-state index contributed by atoms with van der Waals surface area (Å²) < 4.78 is 17.7. The van der Waals surface area contributed by atoms with E-state index in [4.69, 9.17) is 4.74 Å². The molecule has 0 amide bonds. The quantitative estimate of drug-likeness (QED) is 0.443. The lowest BCUT2D eigenvalue weighted by Crippen LogP contribution is -2.14. The third-order valence-electron chi connectivity index (χ3n) is 2.56. The average molecular weight is 250 g/mol. The Balaban J connectivity index is 2.94. The lowest BCUT2D eigenvalue weighted by Gasteiger charge is -2.16. The zero-order chi connectivity index (χ0) is 13.5.